The fraction of sp³-hybridized carbons (Fsp3) is 0.667. The molecule has 8 nitrogen and oxygen atoms in total. The number of rotatable bonds is 8. The lowest BCUT2D eigenvalue weighted by Gasteiger charge is -2.14. The molecular weight excluding hydrogens is 260 g/mol. The van der Waals surface area contributed by atoms with Crippen LogP contribution in [-0.2, 0) is 4.79 Å². The summed E-state index contributed by atoms with van der Waals surface area (Å²) in [4.78, 5) is 24.0. The molecule has 0 bridgehead atoms. The first-order chi connectivity index (χ1) is 9.60. The van der Waals surface area contributed by atoms with Crippen molar-refractivity contribution in [2.75, 3.05) is 30.8 Å². The summed E-state index contributed by atoms with van der Waals surface area (Å²) >= 11 is 0. The Morgan fingerprint density at radius 2 is 1.95 bits per heavy atom. The molecule has 3 N–H and O–H groups in total. The third-order valence-corrected chi connectivity index (χ3v) is 2.42. The number of anilines is 2. The van der Waals surface area contributed by atoms with Gasteiger partial charge in [0, 0.05) is 13.1 Å². The second-order valence-electron chi connectivity index (χ2n) is 4.16. The van der Waals surface area contributed by atoms with Gasteiger partial charge in [0.1, 0.15) is 6.04 Å². The summed E-state index contributed by atoms with van der Waals surface area (Å²) in [6, 6.07) is -0.245. The molecule has 1 rings (SSSR count). The van der Waals surface area contributed by atoms with Crippen molar-refractivity contribution in [2.24, 2.45) is 0 Å². The third-order valence-electron chi connectivity index (χ3n) is 2.42. The van der Waals surface area contributed by atoms with E-state index in [1.165, 1.54) is 7.11 Å². The average Bonchev–Trinajstić information content (AvgIpc) is 2.45. The van der Waals surface area contributed by atoms with Crippen LogP contribution in [0.15, 0.2) is 0 Å². The zero-order valence-electron chi connectivity index (χ0n) is 12.4. The van der Waals surface area contributed by atoms with E-state index in [0.29, 0.717) is 18.4 Å². The van der Waals surface area contributed by atoms with Gasteiger partial charge in [0.25, 0.3) is 0 Å². The average molecular weight is 282 g/mol. The Morgan fingerprint density at radius 1 is 1.25 bits per heavy atom. The van der Waals surface area contributed by atoms with Gasteiger partial charge in [0.05, 0.1) is 7.11 Å². The highest BCUT2D eigenvalue weighted by Gasteiger charge is 2.14. The lowest BCUT2D eigenvalue weighted by atomic mass is 10.3. The van der Waals surface area contributed by atoms with Crippen LogP contribution in [0.4, 0.5) is 11.9 Å². The number of methoxy groups -OCH3 is 1. The smallest absolute Gasteiger partial charge is 0.322 e. The minimum Gasteiger partial charge on any atom is -0.467 e. The van der Waals surface area contributed by atoms with E-state index in [1.54, 1.807) is 6.92 Å². The van der Waals surface area contributed by atoms with Gasteiger partial charge in [-0.2, -0.15) is 15.0 Å². The molecule has 0 aliphatic heterocycles. The molecule has 0 aromatic carbocycles. The van der Waals surface area contributed by atoms with Gasteiger partial charge in [-0.05, 0) is 20.3 Å². The van der Waals surface area contributed by atoms with Crippen molar-refractivity contribution in [3.63, 3.8) is 0 Å². The van der Waals surface area contributed by atoms with Crippen LogP contribution < -0.4 is 20.7 Å². The molecule has 112 valence electrons. The van der Waals surface area contributed by atoms with Gasteiger partial charge in [-0.25, -0.2) is 0 Å². The highest BCUT2D eigenvalue weighted by atomic mass is 16.5. The van der Waals surface area contributed by atoms with E-state index in [2.05, 4.69) is 30.9 Å². The van der Waals surface area contributed by atoms with Crippen molar-refractivity contribution in [1.29, 1.82) is 0 Å². The summed E-state index contributed by atoms with van der Waals surface area (Å²) in [5, 5.41) is 8.70. The molecule has 20 heavy (non-hydrogen) atoms. The molecule has 1 aromatic rings. The Kier molecular flexibility index (Phi) is 6.48. The third kappa shape index (κ3) is 4.87. The lowest BCUT2D eigenvalue weighted by molar-refractivity contribution is -0.121. The summed E-state index contributed by atoms with van der Waals surface area (Å²) in [6.45, 7) is 6.97. The van der Waals surface area contributed by atoms with Crippen LogP contribution >= 0.6 is 0 Å². The number of likely N-dealkylation sites (N-methyl/N-ethyl adjacent to an activating group) is 1. The predicted molar refractivity (Wildman–Crippen MR) is 76.9 cm³/mol. The SMILES string of the molecule is CCCNc1nc(NC(C)C(=O)NCC)nc(OC)n1. The van der Waals surface area contributed by atoms with Gasteiger partial charge in [-0.1, -0.05) is 6.92 Å². The second-order valence-corrected chi connectivity index (χ2v) is 4.16. The van der Waals surface area contributed by atoms with Gasteiger partial charge in [0.2, 0.25) is 17.8 Å². The normalized spacial score (nSPS) is 11.6. The van der Waals surface area contributed by atoms with Crippen LogP contribution in [0.3, 0.4) is 0 Å². The zero-order valence-corrected chi connectivity index (χ0v) is 12.4. The summed E-state index contributed by atoms with van der Waals surface area (Å²) in [7, 11) is 1.48. The molecule has 1 amide bonds. The van der Waals surface area contributed by atoms with Crippen molar-refractivity contribution in [1.82, 2.24) is 20.3 Å². The molecule has 1 atom stereocenters. The number of hydrogen-bond acceptors (Lipinski definition) is 7. The summed E-state index contributed by atoms with van der Waals surface area (Å²) < 4.78 is 5.02. The highest BCUT2D eigenvalue weighted by molar-refractivity contribution is 5.83. The van der Waals surface area contributed by atoms with Gasteiger partial charge >= 0.3 is 6.01 Å². The van der Waals surface area contributed by atoms with E-state index in [9.17, 15) is 4.79 Å². The highest BCUT2D eigenvalue weighted by Crippen LogP contribution is 2.11. The number of ether oxygens (including phenoxy) is 1. The summed E-state index contributed by atoms with van der Waals surface area (Å²) in [5.41, 5.74) is 0. The molecule has 0 radical (unpaired) electrons. The van der Waals surface area contributed by atoms with Gasteiger partial charge < -0.3 is 20.7 Å². The van der Waals surface area contributed by atoms with Crippen molar-refractivity contribution in [3.05, 3.63) is 0 Å². The molecule has 1 aromatic heterocycles. The first-order valence-corrected chi connectivity index (χ1v) is 6.68. The Morgan fingerprint density at radius 3 is 2.55 bits per heavy atom. The second kappa shape index (κ2) is 8.13. The first kappa shape index (κ1) is 15.9. The topological polar surface area (TPSA) is 101 Å². The molecule has 1 unspecified atom stereocenters. The van der Waals surface area contributed by atoms with Crippen molar-refractivity contribution in [2.45, 2.75) is 33.2 Å². The molecule has 0 spiro atoms. The van der Waals surface area contributed by atoms with Gasteiger partial charge in [-0.3, -0.25) is 4.79 Å². The molecule has 0 saturated heterocycles. The lowest BCUT2D eigenvalue weighted by Crippen LogP contribution is -2.37. The molecule has 1 heterocycles. The van der Waals surface area contributed by atoms with Crippen LogP contribution in [0.5, 0.6) is 6.01 Å². The monoisotopic (exact) mass is 282 g/mol. The molecule has 0 fully saturated rings. The maximum absolute atomic E-state index is 11.7. The van der Waals surface area contributed by atoms with E-state index < -0.39 is 6.04 Å². The predicted octanol–water partition coefficient (Wildman–Crippen LogP) is 0.639. The van der Waals surface area contributed by atoms with Crippen molar-refractivity contribution >= 4 is 17.8 Å². The summed E-state index contributed by atoms with van der Waals surface area (Å²) in [6.07, 6.45) is 0.950. The largest absolute Gasteiger partial charge is 0.467 e. The zero-order chi connectivity index (χ0) is 15.0. The van der Waals surface area contributed by atoms with Gasteiger partial charge in [-0.15, -0.1) is 0 Å². The Labute approximate surface area is 118 Å². The summed E-state index contributed by atoms with van der Waals surface area (Å²) in [5.74, 6) is 0.605. The fourth-order valence-electron chi connectivity index (χ4n) is 1.41. The molecule has 0 saturated carbocycles. The van der Waals surface area contributed by atoms with Crippen molar-refractivity contribution in [3.8, 4) is 6.01 Å². The Bertz CT molecular complexity index is 440. The maximum atomic E-state index is 11.7. The Balaban J connectivity index is 2.79. The minimum atomic E-state index is -0.443. The molecule has 8 heteroatoms. The van der Waals surface area contributed by atoms with Crippen LogP contribution in [0.1, 0.15) is 27.2 Å². The van der Waals surface area contributed by atoms with E-state index >= 15 is 0 Å². The van der Waals surface area contributed by atoms with Crippen LogP contribution in [0.25, 0.3) is 0 Å². The maximum Gasteiger partial charge on any atom is 0.322 e. The number of hydrogen-bond donors (Lipinski definition) is 3. The number of carbonyl (C=O) groups excluding carboxylic acids is 1. The van der Waals surface area contributed by atoms with Gasteiger partial charge in [0.15, 0.2) is 0 Å². The minimum absolute atomic E-state index is 0.116. The van der Waals surface area contributed by atoms with Crippen molar-refractivity contribution < 1.29 is 9.53 Å². The van der Waals surface area contributed by atoms with E-state index in [4.69, 9.17) is 4.74 Å². The van der Waals surface area contributed by atoms with E-state index in [1.807, 2.05) is 13.8 Å². The quantitative estimate of drug-likeness (QED) is 0.643. The number of nitrogens with zero attached hydrogens (tertiary/aromatic N) is 3. The molecule has 0 aliphatic carbocycles. The fourth-order valence-corrected chi connectivity index (χ4v) is 1.41. The van der Waals surface area contributed by atoms with Crippen LogP contribution in [0, 0.1) is 0 Å². The standard InChI is InChI=1S/C12H22N6O2/c1-5-7-14-10-16-11(18-12(17-10)20-4)15-8(3)9(19)13-6-2/h8H,5-7H2,1-4H3,(H,13,19)(H2,14,15,16,17,18). The number of aromatic nitrogens is 3. The van der Waals surface area contributed by atoms with E-state index in [-0.39, 0.29) is 11.9 Å². The molecule has 0 aliphatic rings. The van der Waals surface area contributed by atoms with E-state index in [0.717, 1.165) is 13.0 Å². The molecular formula is C12H22N6O2. The Hall–Kier alpha value is -2.12. The number of amides is 1. The number of carbonyl (C=O) groups is 1. The van der Waals surface area contributed by atoms with Crippen LogP contribution in [0.2, 0.25) is 0 Å². The number of nitrogens with one attached hydrogen (secondary N) is 3. The van der Waals surface area contributed by atoms with Crippen LogP contribution in [-0.4, -0.2) is 47.1 Å². The first-order valence-electron chi connectivity index (χ1n) is 6.68.